The number of carbonyl (C=O) groups excluding carboxylic acids is 1. The van der Waals surface area contributed by atoms with Crippen molar-refractivity contribution in [3.63, 3.8) is 0 Å². The van der Waals surface area contributed by atoms with E-state index in [1.165, 1.54) is 13.1 Å². The fraction of sp³-hybridized carbons (Fsp3) is 0.0833. The van der Waals surface area contributed by atoms with Gasteiger partial charge in [-0.1, -0.05) is 0 Å². The third-order valence-corrected chi connectivity index (χ3v) is 3.36. The maximum atomic E-state index is 13.6. The summed E-state index contributed by atoms with van der Waals surface area (Å²) in [7, 11) is 0. The minimum atomic E-state index is -0.938. The second-order valence-corrected chi connectivity index (χ2v) is 5.43. The minimum Gasteiger partial charge on any atom is -0.304 e. The summed E-state index contributed by atoms with van der Waals surface area (Å²) in [6, 6.07) is 1.81. The summed E-state index contributed by atoms with van der Waals surface area (Å²) in [5, 5.41) is 2.40. The van der Waals surface area contributed by atoms with Crippen LogP contribution in [-0.2, 0) is 0 Å². The third kappa shape index (κ3) is 3.18. The number of rotatable bonds is 2. The zero-order chi connectivity index (χ0) is 14.9. The molecule has 1 N–H and O–H groups in total. The van der Waals surface area contributed by atoms with E-state index in [-0.39, 0.29) is 16.9 Å². The van der Waals surface area contributed by atoms with E-state index in [2.05, 4.69) is 47.1 Å². The number of halogens is 4. The Morgan fingerprint density at radius 3 is 2.60 bits per heavy atom. The van der Waals surface area contributed by atoms with Gasteiger partial charge in [-0.25, -0.2) is 18.7 Å². The molecule has 0 unspecified atom stereocenters. The maximum absolute atomic E-state index is 13.6. The van der Waals surface area contributed by atoms with Gasteiger partial charge < -0.3 is 5.32 Å². The first kappa shape index (κ1) is 15.0. The number of aromatic nitrogens is 2. The van der Waals surface area contributed by atoms with E-state index in [9.17, 15) is 13.6 Å². The molecule has 2 aromatic rings. The second-order valence-electron chi connectivity index (χ2n) is 3.87. The number of carbonyl (C=O) groups is 1. The highest BCUT2D eigenvalue weighted by Crippen LogP contribution is 2.21. The maximum Gasteiger partial charge on any atom is 0.259 e. The molecule has 0 aliphatic rings. The van der Waals surface area contributed by atoms with Crippen LogP contribution in [-0.4, -0.2) is 15.9 Å². The molecule has 1 aromatic heterocycles. The lowest BCUT2D eigenvalue weighted by Gasteiger charge is -2.08. The molecule has 20 heavy (non-hydrogen) atoms. The monoisotopic (exact) mass is 405 g/mol. The van der Waals surface area contributed by atoms with Crippen LogP contribution in [0.15, 0.2) is 27.5 Å². The lowest BCUT2D eigenvalue weighted by Crippen LogP contribution is -2.16. The summed E-state index contributed by atoms with van der Waals surface area (Å²) in [5.74, 6) is -2.24. The molecule has 8 heteroatoms. The molecular weight excluding hydrogens is 400 g/mol. The van der Waals surface area contributed by atoms with Crippen molar-refractivity contribution in [1.82, 2.24) is 9.97 Å². The van der Waals surface area contributed by atoms with Crippen molar-refractivity contribution in [2.24, 2.45) is 0 Å². The summed E-state index contributed by atoms with van der Waals surface area (Å²) in [4.78, 5) is 19.9. The van der Waals surface area contributed by atoms with Crippen LogP contribution in [0.25, 0.3) is 0 Å². The van der Waals surface area contributed by atoms with Crippen LogP contribution in [0, 0.1) is 18.6 Å². The molecule has 0 saturated carbocycles. The molecule has 2 rings (SSSR count). The van der Waals surface area contributed by atoms with Gasteiger partial charge in [-0.2, -0.15) is 0 Å². The Morgan fingerprint density at radius 1 is 1.25 bits per heavy atom. The summed E-state index contributed by atoms with van der Waals surface area (Å²) >= 11 is 6.24. The molecule has 1 amide bonds. The molecule has 0 radical (unpaired) electrons. The molecule has 1 heterocycles. The van der Waals surface area contributed by atoms with Gasteiger partial charge in [-0.3, -0.25) is 4.79 Å². The van der Waals surface area contributed by atoms with E-state index in [4.69, 9.17) is 0 Å². The Balaban J connectivity index is 2.31. The van der Waals surface area contributed by atoms with Crippen LogP contribution in [0.5, 0.6) is 0 Å². The summed E-state index contributed by atoms with van der Waals surface area (Å²) in [6.07, 6.45) is 1.38. The molecule has 1 aromatic carbocycles. The van der Waals surface area contributed by atoms with E-state index in [1.54, 1.807) is 0 Å². The van der Waals surface area contributed by atoms with Gasteiger partial charge in [0.1, 0.15) is 20.8 Å². The number of hydrogen-bond acceptors (Lipinski definition) is 3. The Kier molecular flexibility index (Phi) is 4.44. The van der Waals surface area contributed by atoms with Crippen molar-refractivity contribution >= 4 is 43.6 Å². The van der Waals surface area contributed by atoms with Crippen molar-refractivity contribution in [2.75, 3.05) is 5.32 Å². The quantitative estimate of drug-likeness (QED) is 0.824. The van der Waals surface area contributed by atoms with Gasteiger partial charge in [0, 0.05) is 6.07 Å². The summed E-state index contributed by atoms with van der Waals surface area (Å²) in [6.45, 7) is 1.45. The van der Waals surface area contributed by atoms with Gasteiger partial charge in [-0.15, -0.1) is 0 Å². The molecular formula is C12H7Br2F2N3O. The summed E-state index contributed by atoms with van der Waals surface area (Å²) < 4.78 is 27.5. The molecule has 104 valence electrons. The van der Waals surface area contributed by atoms with Gasteiger partial charge in [0.15, 0.2) is 5.82 Å². The molecule has 0 atom stereocenters. The van der Waals surface area contributed by atoms with E-state index in [0.717, 1.165) is 6.07 Å². The molecule has 0 saturated heterocycles. The van der Waals surface area contributed by atoms with E-state index < -0.39 is 17.5 Å². The molecule has 0 aliphatic carbocycles. The Labute approximate surface area is 129 Å². The first-order valence-electron chi connectivity index (χ1n) is 5.33. The SMILES string of the molecule is Cc1cc(C(=O)Nc2ncc(Br)nc2Br)c(F)cc1F. The highest BCUT2D eigenvalue weighted by Gasteiger charge is 2.16. The highest BCUT2D eigenvalue weighted by atomic mass is 79.9. The van der Waals surface area contributed by atoms with E-state index >= 15 is 0 Å². The number of hydrogen-bond donors (Lipinski definition) is 1. The molecule has 0 bridgehead atoms. The predicted molar refractivity (Wildman–Crippen MR) is 76.5 cm³/mol. The zero-order valence-corrected chi connectivity index (χ0v) is 13.2. The minimum absolute atomic E-state index is 0.138. The number of anilines is 1. The zero-order valence-electron chi connectivity index (χ0n) is 10.0. The van der Waals surface area contributed by atoms with Crippen LogP contribution < -0.4 is 5.32 Å². The van der Waals surface area contributed by atoms with E-state index in [0.29, 0.717) is 15.3 Å². The van der Waals surface area contributed by atoms with Crippen LogP contribution in [0.2, 0.25) is 0 Å². The first-order valence-corrected chi connectivity index (χ1v) is 6.92. The molecule has 0 spiro atoms. The normalized spacial score (nSPS) is 10.4. The molecule has 0 fully saturated rings. The number of nitrogens with one attached hydrogen (secondary N) is 1. The number of benzene rings is 1. The topological polar surface area (TPSA) is 54.9 Å². The van der Waals surface area contributed by atoms with Crippen molar-refractivity contribution in [3.8, 4) is 0 Å². The van der Waals surface area contributed by atoms with Gasteiger partial charge in [0.2, 0.25) is 0 Å². The fourth-order valence-corrected chi connectivity index (χ4v) is 2.35. The number of aryl methyl sites for hydroxylation is 1. The lowest BCUT2D eigenvalue weighted by atomic mass is 10.1. The van der Waals surface area contributed by atoms with Crippen molar-refractivity contribution < 1.29 is 13.6 Å². The Morgan fingerprint density at radius 2 is 1.95 bits per heavy atom. The van der Waals surface area contributed by atoms with E-state index in [1.807, 2.05) is 0 Å². The van der Waals surface area contributed by atoms with Crippen molar-refractivity contribution in [3.05, 3.63) is 50.3 Å². The lowest BCUT2D eigenvalue weighted by molar-refractivity contribution is 0.102. The highest BCUT2D eigenvalue weighted by molar-refractivity contribution is 9.11. The largest absolute Gasteiger partial charge is 0.304 e. The average Bonchev–Trinajstić information content (AvgIpc) is 2.37. The average molecular weight is 407 g/mol. The summed E-state index contributed by atoms with van der Waals surface area (Å²) in [5.41, 5.74) is -0.0852. The standard InChI is InChI=1S/C12H7Br2F2N3O/c1-5-2-6(8(16)3-7(5)15)12(20)19-11-10(14)18-9(13)4-17-11/h2-4H,1H3,(H,17,19,20). The second kappa shape index (κ2) is 5.92. The number of nitrogens with zero attached hydrogens (tertiary/aromatic N) is 2. The third-order valence-electron chi connectivity index (χ3n) is 2.43. The van der Waals surface area contributed by atoms with Crippen molar-refractivity contribution in [1.29, 1.82) is 0 Å². The van der Waals surface area contributed by atoms with Crippen LogP contribution in [0.3, 0.4) is 0 Å². The van der Waals surface area contributed by atoms with Gasteiger partial charge in [0.05, 0.1) is 11.8 Å². The first-order chi connectivity index (χ1) is 9.38. The van der Waals surface area contributed by atoms with Gasteiger partial charge in [0.25, 0.3) is 5.91 Å². The predicted octanol–water partition coefficient (Wildman–Crippen LogP) is 3.84. The molecule has 4 nitrogen and oxygen atoms in total. The van der Waals surface area contributed by atoms with Crippen molar-refractivity contribution in [2.45, 2.75) is 6.92 Å². The van der Waals surface area contributed by atoms with Crippen LogP contribution in [0.1, 0.15) is 15.9 Å². The van der Waals surface area contributed by atoms with Crippen LogP contribution >= 0.6 is 31.9 Å². The molecule has 0 aliphatic heterocycles. The Bertz CT molecular complexity index is 695. The smallest absolute Gasteiger partial charge is 0.259 e. The fourth-order valence-electron chi connectivity index (χ4n) is 1.44. The number of amides is 1. The van der Waals surface area contributed by atoms with Gasteiger partial charge >= 0.3 is 0 Å². The Hall–Kier alpha value is -1.41. The van der Waals surface area contributed by atoms with Crippen LogP contribution in [0.4, 0.5) is 14.6 Å². The van der Waals surface area contributed by atoms with Gasteiger partial charge in [-0.05, 0) is 50.4 Å².